The van der Waals surface area contributed by atoms with Crippen molar-refractivity contribution in [2.45, 2.75) is 26.3 Å². The second kappa shape index (κ2) is 7.62. The van der Waals surface area contributed by atoms with E-state index in [4.69, 9.17) is 4.98 Å². The summed E-state index contributed by atoms with van der Waals surface area (Å²) in [6, 6.07) is 23.3. The molecule has 4 nitrogen and oxygen atoms in total. The number of benzene rings is 3. The first-order chi connectivity index (χ1) is 13.2. The van der Waals surface area contributed by atoms with Gasteiger partial charge in [0, 0.05) is 26.4 Å². The van der Waals surface area contributed by atoms with Crippen LogP contribution < -0.4 is 5.32 Å². The highest BCUT2D eigenvalue weighted by Gasteiger charge is 2.11. The van der Waals surface area contributed by atoms with Crippen LogP contribution in [0.1, 0.15) is 24.7 Å². The van der Waals surface area contributed by atoms with Gasteiger partial charge >= 0.3 is 0 Å². The van der Waals surface area contributed by atoms with Gasteiger partial charge in [0.15, 0.2) is 0 Å². The largest absolute Gasteiger partial charge is 0.356 e. The molecule has 1 N–H and O–H groups in total. The fourth-order valence-electron chi connectivity index (χ4n) is 3.52. The van der Waals surface area contributed by atoms with E-state index in [9.17, 15) is 4.79 Å². The molecule has 136 valence electrons. The van der Waals surface area contributed by atoms with Crippen LogP contribution in [0.25, 0.3) is 21.8 Å². The van der Waals surface area contributed by atoms with Crippen LogP contribution >= 0.6 is 0 Å². The summed E-state index contributed by atoms with van der Waals surface area (Å²) in [7, 11) is 0. The number of para-hydroxylation sites is 2. The average molecular weight is 357 g/mol. The number of hydrogen-bond acceptors (Lipinski definition) is 2. The van der Waals surface area contributed by atoms with E-state index in [1.807, 2.05) is 6.07 Å². The van der Waals surface area contributed by atoms with Gasteiger partial charge in [-0.2, -0.15) is 0 Å². The minimum Gasteiger partial charge on any atom is -0.356 e. The van der Waals surface area contributed by atoms with E-state index in [0.29, 0.717) is 6.54 Å². The number of rotatable bonds is 6. The maximum atomic E-state index is 11.1. The number of nitrogens with one attached hydrogen (secondary N) is 1. The molecule has 0 saturated carbocycles. The van der Waals surface area contributed by atoms with Crippen LogP contribution in [0.15, 0.2) is 66.7 Å². The number of aryl methyl sites for hydroxylation is 1. The van der Waals surface area contributed by atoms with Gasteiger partial charge < -0.3 is 9.88 Å². The second-order valence-corrected chi connectivity index (χ2v) is 6.87. The summed E-state index contributed by atoms with van der Waals surface area (Å²) in [5.74, 6) is 1.08. The minimum atomic E-state index is 0.0136. The van der Waals surface area contributed by atoms with Gasteiger partial charge in [0.25, 0.3) is 0 Å². The number of aromatic nitrogens is 2. The highest BCUT2D eigenvalue weighted by molar-refractivity contribution is 5.83. The molecule has 0 spiro atoms. The third-order valence-electron chi connectivity index (χ3n) is 4.84. The smallest absolute Gasteiger partial charge is 0.216 e. The molecule has 4 aromatic rings. The zero-order valence-electron chi connectivity index (χ0n) is 15.5. The molecular formula is C23H23N3O. The van der Waals surface area contributed by atoms with Crippen molar-refractivity contribution >= 4 is 27.7 Å². The highest BCUT2D eigenvalue weighted by atomic mass is 16.1. The van der Waals surface area contributed by atoms with Gasteiger partial charge in [-0.05, 0) is 41.0 Å². The maximum absolute atomic E-state index is 11.1. The number of nitrogens with zero attached hydrogens (tertiary/aromatic N) is 2. The fraction of sp³-hybridized carbons (Fsp3) is 0.217. The fourth-order valence-corrected chi connectivity index (χ4v) is 3.52. The molecule has 1 aromatic heterocycles. The van der Waals surface area contributed by atoms with Crippen molar-refractivity contribution in [3.63, 3.8) is 0 Å². The van der Waals surface area contributed by atoms with Gasteiger partial charge in [-0.15, -0.1) is 0 Å². The maximum Gasteiger partial charge on any atom is 0.216 e. The highest BCUT2D eigenvalue weighted by Crippen LogP contribution is 2.21. The van der Waals surface area contributed by atoms with Crippen LogP contribution in [0.3, 0.4) is 0 Å². The number of imidazole rings is 1. The molecule has 0 aliphatic carbocycles. The van der Waals surface area contributed by atoms with Crippen molar-refractivity contribution in [1.29, 1.82) is 0 Å². The van der Waals surface area contributed by atoms with E-state index in [1.54, 1.807) is 6.92 Å². The van der Waals surface area contributed by atoms with E-state index >= 15 is 0 Å². The molecule has 1 heterocycles. The number of carbonyl (C=O) groups is 1. The Morgan fingerprint density at radius 3 is 2.63 bits per heavy atom. The van der Waals surface area contributed by atoms with Crippen LogP contribution in [0, 0.1) is 0 Å². The molecular weight excluding hydrogens is 334 g/mol. The summed E-state index contributed by atoms with van der Waals surface area (Å²) in [6.45, 7) is 3.02. The predicted molar refractivity (Wildman–Crippen MR) is 110 cm³/mol. The van der Waals surface area contributed by atoms with Gasteiger partial charge in [0.05, 0.1) is 11.0 Å². The summed E-state index contributed by atoms with van der Waals surface area (Å²) >= 11 is 0. The van der Waals surface area contributed by atoms with Crippen LogP contribution in [0.5, 0.6) is 0 Å². The van der Waals surface area contributed by atoms with Crippen LogP contribution in [-0.2, 0) is 17.8 Å². The molecule has 4 rings (SSSR count). The normalized spacial score (nSPS) is 11.1. The van der Waals surface area contributed by atoms with Gasteiger partial charge in [0.2, 0.25) is 5.91 Å². The Labute approximate surface area is 158 Å². The standard InChI is InChI=1S/C23H23N3O/c1-17(27)24-14-6-11-23-25-21-9-4-5-10-22(21)26(23)16-18-12-13-19-7-2-3-8-20(19)15-18/h2-5,7-10,12-13,15H,6,11,14,16H2,1H3,(H,24,27). The first-order valence-electron chi connectivity index (χ1n) is 9.37. The summed E-state index contributed by atoms with van der Waals surface area (Å²) in [5.41, 5.74) is 3.44. The Morgan fingerprint density at radius 2 is 1.78 bits per heavy atom. The third kappa shape index (κ3) is 3.85. The first kappa shape index (κ1) is 17.3. The van der Waals surface area contributed by atoms with E-state index in [-0.39, 0.29) is 5.91 Å². The van der Waals surface area contributed by atoms with Crippen LogP contribution in [0.4, 0.5) is 0 Å². The first-order valence-corrected chi connectivity index (χ1v) is 9.37. The monoisotopic (exact) mass is 357 g/mol. The minimum absolute atomic E-state index is 0.0136. The van der Waals surface area contributed by atoms with E-state index < -0.39 is 0 Å². The van der Waals surface area contributed by atoms with Crippen molar-refractivity contribution < 1.29 is 4.79 Å². The van der Waals surface area contributed by atoms with Gasteiger partial charge in [-0.3, -0.25) is 4.79 Å². The molecule has 3 aromatic carbocycles. The van der Waals surface area contributed by atoms with E-state index in [2.05, 4.69) is 70.5 Å². The Balaban J connectivity index is 1.63. The summed E-state index contributed by atoms with van der Waals surface area (Å²) < 4.78 is 2.30. The second-order valence-electron chi connectivity index (χ2n) is 6.87. The Hall–Kier alpha value is -3.14. The number of amides is 1. The number of hydrogen-bond donors (Lipinski definition) is 1. The van der Waals surface area contributed by atoms with Crippen LogP contribution in [0.2, 0.25) is 0 Å². The lowest BCUT2D eigenvalue weighted by Crippen LogP contribution is -2.21. The number of carbonyl (C=O) groups excluding carboxylic acids is 1. The summed E-state index contributed by atoms with van der Waals surface area (Å²) in [6.07, 6.45) is 1.71. The molecule has 0 saturated heterocycles. The van der Waals surface area contributed by atoms with Crippen molar-refractivity contribution in [3.8, 4) is 0 Å². The van der Waals surface area contributed by atoms with Gasteiger partial charge in [-0.1, -0.05) is 48.5 Å². The zero-order chi connectivity index (χ0) is 18.6. The van der Waals surface area contributed by atoms with E-state index in [0.717, 1.165) is 36.2 Å². The van der Waals surface area contributed by atoms with Crippen molar-refractivity contribution in [2.75, 3.05) is 6.54 Å². The molecule has 0 radical (unpaired) electrons. The Morgan fingerprint density at radius 1 is 1.00 bits per heavy atom. The molecule has 0 unspecified atom stereocenters. The lowest BCUT2D eigenvalue weighted by atomic mass is 10.1. The number of fused-ring (bicyclic) bond motifs is 2. The predicted octanol–water partition coefficient (Wildman–Crippen LogP) is 4.31. The lowest BCUT2D eigenvalue weighted by molar-refractivity contribution is -0.118. The molecule has 1 amide bonds. The van der Waals surface area contributed by atoms with Crippen molar-refractivity contribution in [3.05, 3.63) is 78.1 Å². The zero-order valence-corrected chi connectivity index (χ0v) is 15.5. The Kier molecular flexibility index (Phi) is 4.88. The third-order valence-corrected chi connectivity index (χ3v) is 4.84. The summed E-state index contributed by atoms with van der Waals surface area (Å²) in [4.78, 5) is 15.9. The van der Waals surface area contributed by atoms with Crippen molar-refractivity contribution in [1.82, 2.24) is 14.9 Å². The molecule has 0 bridgehead atoms. The Bertz CT molecular complexity index is 1100. The molecule has 0 fully saturated rings. The molecule has 0 atom stereocenters. The summed E-state index contributed by atoms with van der Waals surface area (Å²) in [5, 5.41) is 5.38. The average Bonchev–Trinajstić information content (AvgIpc) is 3.02. The molecule has 4 heteroatoms. The molecule has 0 aliphatic heterocycles. The van der Waals surface area contributed by atoms with E-state index in [1.165, 1.54) is 16.3 Å². The SMILES string of the molecule is CC(=O)NCCCc1nc2ccccc2n1Cc1ccc2ccccc2c1. The molecule has 27 heavy (non-hydrogen) atoms. The molecule has 0 aliphatic rings. The van der Waals surface area contributed by atoms with Gasteiger partial charge in [-0.25, -0.2) is 4.98 Å². The van der Waals surface area contributed by atoms with Crippen LogP contribution in [-0.4, -0.2) is 22.0 Å². The lowest BCUT2D eigenvalue weighted by Gasteiger charge is -2.11. The van der Waals surface area contributed by atoms with Crippen molar-refractivity contribution in [2.24, 2.45) is 0 Å². The topological polar surface area (TPSA) is 46.9 Å². The quantitative estimate of drug-likeness (QED) is 0.523. The van der Waals surface area contributed by atoms with Gasteiger partial charge in [0.1, 0.15) is 5.82 Å².